The summed E-state index contributed by atoms with van der Waals surface area (Å²) in [6.07, 6.45) is 9.28. The van der Waals surface area contributed by atoms with E-state index in [1.54, 1.807) is 17.1 Å². The van der Waals surface area contributed by atoms with Gasteiger partial charge in [-0.2, -0.15) is 5.10 Å². The second-order valence-electron chi connectivity index (χ2n) is 7.59. The van der Waals surface area contributed by atoms with Crippen LogP contribution in [0.25, 0.3) is 22.4 Å². The van der Waals surface area contributed by atoms with Crippen LogP contribution in [0.3, 0.4) is 0 Å². The third-order valence-corrected chi connectivity index (χ3v) is 5.86. The minimum atomic E-state index is 0.422. The van der Waals surface area contributed by atoms with Gasteiger partial charge in [-0.05, 0) is 30.9 Å². The summed E-state index contributed by atoms with van der Waals surface area (Å²) in [4.78, 5) is 16.1. The zero-order chi connectivity index (χ0) is 18.4. The average Bonchev–Trinajstić information content (AvgIpc) is 3.40. The minimum Gasteiger partial charge on any atom is -0.357 e. The molecule has 2 aliphatic rings. The summed E-state index contributed by atoms with van der Waals surface area (Å²) >= 11 is 0. The zero-order valence-electron chi connectivity index (χ0n) is 15.6. The minimum absolute atomic E-state index is 0.422. The number of hydrazine groups is 1. The van der Waals surface area contributed by atoms with Crippen molar-refractivity contribution in [3.05, 3.63) is 30.7 Å². The number of rotatable bonds is 4. The molecule has 3 atom stereocenters. The standard InChI is InChI=1S/C19H24N8/c1-26(11-16-13-6-3-7-15(13)24-25-16)18-14-10-21-27(2)19(14)23-17(22-18)12-5-4-8-20-9-12/h4-5,8-10,13,15-16,24-25H,3,6-7,11H2,1-2H3. The second-order valence-corrected chi connectivity index (χ2v) is 7.59. The van der Waals surface area contributed by atoms with E-state index >= 15 is 0 Å². The number of fused-ring (bicyclic) bond motifs is 2. The van der Waals surface area contributed by atoms with Gasteiger partial charge in [0.05, 0.1) is 11.6 Å². The lowest BCUT2D eigenvalue weighted by molar-refractivity contribution is 0.445. The van der Waals surface area contributed by atoms with E-state index in [-0.39, 0.29) is 0 Å². The number of pyridine rings is 1. The number of nitrogens with one attached hydrogen (secondary N) is 2. The maximum atomic E-state index is 4.89. The van der Waals surface area contributed by atoms with Crippen LogP contribution in [-0.4, -0.2) is 50.4 Å². The monoisotopic (exact) mass is 364 g/mol. The second kappa shape index (κ2) is 6.54. The number of hydrogen-bond acceptors (Lipinski definition) is 7. The van der Waals surface area contributed by atoms with Gasteiger partial charge in [0.15, 0.2) is 11.5 Å². The lowest BCUT2D eigenvalue weighted by atomic mass is 9.97. The summed E-state index contributed by atoms with van der Waals surface area (Å²) in [6.45, 7) is 0.891. The van der Waals surface area contributed by atoms with Crippen LogP contribution in [0.5, 0.6) is 0 Å². The number of anilines is 1. The van der Waals surface area contributed by atoms with Crippen molar-refractivity contribution in [3.8, 4) is 11.4 Å². The van der Waals surface area contributed by atoms with E-state index in [2.05, 4.69) is 32.9 Å². The Morgan fingerprint density at radius 3 is 3.00 bits per heavy atom. The molecular weight excluding hydrogens is 340 g/mol. The Balaban J connectivity index is 1.51. The van der Waals surface area contributed by atoms with E-state index in [1.165, 1.54) is 19.3 Å². The zero-order valence-corrected chi connectivity index (χ0v) is 15.6. The Morgan fingerprint density at radius 1 is 1.22 bits per heavy atom. The molecule has 1 aliphatic carbocycles. The molecule has 0 bridgehead atoms. The Labute approximate surface area is 158 Å². The SMILES string of the molecule is CN(CC1NNC2CCCC21)c1nc(-c2cccnc2)nc2c1cnn2C. The van der Waals surface area contributed by atoms with Crippen LogP contribution in [0.4, 0.5) is 5.82 Å². The fraction of sp³-hybridized carbons (Fsp3) is 0.474. The Morgan fingerprint density at radius 2 is 2.15 bits per heavy atom. The van der Waals surface area contributed by atoms with Crippen LogP contribution in [0.1, 0.15) is 19.3 Å². The molecule has 3 unspecified atom stereocenters. The first-order valence-electron chi connectivity index (χ1n) is 9.53. The van der Waals surface area contributed by atoms with Crippen molar-refractivity contribution in [2.45, 2.75) is 31.3 Å². The van der Waals surface area contributed by atoms with E-state index in [0.717, 1.165) is 29.0 Å². The van der Waals surface area contributed by atoms with Crippen LogP contribution < -0.4 is 15.8 Å². The Kier molecular flexibility index (Phi) is 4.02. The number of aryl methyl sites for hydroxylation is 1. The number of hydrogen-bond donors (Lipinski definition) is 2. The lowest BCUT2D eigenvalue weighted by Gasteiger charge is -2.25. The summed E-state index contributed by atoms with van der Waals surface area (Å²) in [5, 5.41) is 5.38. The smallest absolute Gasteiger partial charge is 0.165 e. The summed E-state index contributed by atoms with van der Waals surface area (Å²) < 4.78 is 1.80. The molecule has 140 valence electrons. The fourth-order valence-electron chi connectivity index (χ4n) is 4.46. The highest BCUT2D eigenvalue weighted by molar-refractivity contribution is 5.88. The first kappa shape index (κ1) is 16.6. The quantitative estimate of drug-likeness (QED) is 0.726. The van der Waals surface area contributed by atoms with Crippen LogP contribution in [0.2, 0.25) is 0 Å². The van der Waals surface area contributed by atoms with E-state index < -0.39 is 0 Å². The van der Waals surface area contributed by atoms with Crippen molar-refractivity contribution in [2.24, 2.45) is 13.0 Å². The van der Waals surface area contributed by atoms with E-state index in [4.69, 9.17) is 9.97 Å². The van der Waals surface area contributed by atoms with Crippen LogP contribution in [0, 0.1) is 5.92 Å². The van der Waals surface area contributed by atoms with Crippen molar-refractivity contribution in [2.75, 3.05) is 18.5 Å². The molecule has 5 rings (SSSR count). The molecule has 0 radical (unpaired) electrons. The van der Waals surface area contributed by atoms with Crippen LogP contribution in [0.15, 0.2) is 30.7 Å². The predicted octanol–water partition coefficient (Wildman–Crippen LogP) is 1.51. The molecule has 3 aromatic rings. The first-order valence-corrected chi connectivity index (χ1v) is 9.53. The van der Waals surface area contributed by atoms with Crippen LogP contribution >= 0.6 is 0 Å². The molecule has 1 saturated heterocycles. The van der Waals surface area contributed by atoms with E-state index in [1.807, 2.05) is 25.4 Å². The molecule has 8 heteroatoms. The van der Waals surface area contributed by atoms with Crippen molar-refractivity contribution >= 4 is 16.9 Å². The van der Waals surface area contributed by atoms with Crippen molar-refractivity contribution in [3.63, 3.8) is 0 Å². The molecule has 2 N–H and O–H groups in total. The average molecular weight is 364 g/mol. The fourth-order valence-corrected chi connectivity index (χ4v) is 4.46. The van der Waals surface area contributed by atoms with Gasteiger partial charge >= 0.3 is 0 Å². The van der Waals surface area contributed by atoms with Gasteiger partial charge in [0.2, 0.25) is 0 Å². The molecule has 0 aromatic carbocycles. The van der Waals surface area contributed by atoms with Crippen LogP contribution in [-0.2, 0) is 7.05 Å². The Hall–Kier alpha value is -2.58. The van der Waals surface area contributed by atoms with Gasteiger partial charge in [0.25, 0.3) is 0 Å². The number of aromatic nitrogens is 5. The molecule has 3 aromatic heterocycles. The molecule has 0 spiro atoms. The van der Waals surface area contributed by atoms with Gasteiger partial charge in [0, 0.05) is 50.7 Å². The molecule has 0 amide bonds. The van der Waals surface area contributed by atoms with Crippen molar-refractivity contribution in [1.82, 2.24) is 35.6 Å². The van der Waals surface area contributed by atoms with Gasteiger partial charge < -0.3 is 4.90 Å². The maximum absolute atomic E-state index is 4.89. The molecular formula is C19H24N8. The van der Waals surface area contributed by atoms with Gasteiger partial charge in [-0.15, -0.1) is 0 Å². The van der Waals surface area contributed by atoms with E-state index in [0.29, 0.717) is 23.8 Å². The van der Waals surface area contributed by atoms with Gasteiger partial charge in [-0.25, -0.2) is 9.97 Å². The third kappa shape index (κ3) is 2.85. The molecule has 27 heavy (non-hydrogen) atoms. The van der Waals surface area contributed by atoms with Gasteiger partial charge in [0.1, 0.15) is 5.82 Å². The highest BCUT2D eigenvalue weighted by Crippen LogP contribution is 2.33. The maximum Gasteiger partial charge on any atom is 0.165 e. The predicted molar refractivity (Wildman–Crippen MR) is 104 cm³/mol. The van der Waals surface area contributed by atoms with Gasteiger partial charge in [-0.3, -0.25) is 20.5 Å². The first-order chi connectivity index (χ1) is 13.2. The third-order valence-electron chi connectivity index (χ3n) is 5.86. The topological polar surface area (TPSA) is 83.8 Å². The molecule has 2 fully saturated rings. The highest BCUT2D eigenvalue weighted by atomic mass is 15.4. The summed E-state index contributed by atoms with van der Waals surface area (Å²) in [5.74, 6) is 2.28. The Bertz CT molecular complexity index is 953. The summed E-state index contributed by atoms with van der Waals surface area (Å²) in [6, 6.07) is 4.92. The summed E-state index contributed by atoms with van der Waals surface area (Å²) in [5.41, 5.74) is 8.71. The molecule has 4 heterocycles. The van der Waals surface area contributed by atoms with Crippen molar-refractivity contribution < 1.29 is 0 Å². The number of likely N-dealkylation sites (N-methyl/N-ethyl adjacent to an activating group) is 1. The molecule has 8 nitrogen and oxygen atoms in total. The molecule has 1 saturated carbocycles. The highest BCUT2D eigenvalue weighted by Gasteiger charge is 2.39. The van der Waals surface area contributed by atoms with Gasteiger partial charge in [-0.1, -0.05) is 6.42 Å². The molecule has 1 aliphatic heterocycles. The summed E-state index contributed by atoms with van der Waals surface area (Å²) in [7, 11) is 4.02. The number of nitrogens with zero attached hydrogens (tertiary/aromatic N) is 6. The van der Waals surface area contributed by atoms with E-state index in [9.17, 15) is 0 Å². The van der Waals surface area contributed by atoms with Crippen molar-refractivity contribution in [1.29, 1.82) is 0 Å². The lowest BCUT2D eigenvalue weighted by Crippen LogP contribution is -2.41. The normalized spacial score (nSPS) is 24.4. The largest absolute Gasteiger partial charge is 0.357 e.